The van der Waals surface area contributed by atoms with Crippen LogP contribution in [0.15, 0.2) is 24.3 Å². The molecule has 0 aromatic heterocycles. The second-order valence-corrected chi connectivity index (χ2v) is 8.04. The fourth-order valence-electron chi connectivity index (χ4n) is 2.74. The Kier molecular flexibility index (Phi) is 14.9. The van der Waals surface area contributed by atoms with Crippen LogP contribution in [0.5, 0.6) is 0 Å². The molecular weight excluding hydrogens is 380 g/mol. The van der Waals surface area contributed by atoms with Gasteiger partial charge in [-0.2, -0.15) is 17.6 Å². The van der Waals surface area contributed by atoms with Gasteiger partial charge in [0.2, 0.25) is 0 Å². The van der Waals surface area contributed by atoms with Crippen LogP contribution in [0.2, 0.25) is 0 Å². The molecule has 29 heavy (non-hydrogen) atoms. The van der Waals surface area contributed by atoms with Gasteiger partial charge in [0.1, 0.15) is 0 Å². The topological polar surface area (TPSA) is 9.23 Å². The van der Waals surface area contributed by atoms with Crippen molar-refractivity contribution < 1.29 is 22.3 Å². The molecular formula is C24H44F4O. The maximum absolute atomic E-state index is 14.4. The van der Waals surface area contributed by atoms with Gasteiger partial charge in [-0.1, -0.05) is 80.9 Å². The number of ether oxygens (including phenoxy) is 1. The third-order valence-corrected chi connectivity index (χ3v) is 5.61. The molecule has 0 spiro atoms. The lowest BCUT2D eigenvalue weighted by molar-refractivity contribution is -0.167. The van der Waals surface area contributed by atoms with E-state index in [4.69, 9.17) is 4.74 Å². The fourth-order valence-corrected chi connectivity index (χ4v) is 2.74. The summed E-state index contributed by atoms with van der Waals surface area (Å²) in [5, 5.41) is 0. The first-order valence-corrected chi connectivity index (χ1v) is 11.1. The highest BCUT2D eigenvalue weighted by molar-refractivity contribution is 5.25. The summed E-state index contributed by atoms with van der Waals surface area (Å²) in [7, 11) is 0. The minimum Gasteiger partial charge on any atom is -0.378 e. The van der Waals surface area contributed by atoms with Crippen molar-refractivity contribution in [3.8, 4) is 0 Å². The van der Waals surface area contributed by atoms with E-state index in [9.17, 15) is 17.6 Å². The molecule has 0 aliphatic carbocycles. The first kappa shape index (κ1) is 30.4. The number of hydrogen-bond acceptors (Lipinski definition) is 1. The number of allylic oxidation sites excluding steroid dienone is 1. The molecule has 0 aliphatic heterocycles. The Labute approximate surface area is 177 Å². The van der Waals surface area contributed by atoms with Crippen LogP contribution in [0, 0.1) is 17.8 Å². The third-order valence-electron chi connectivity index (χ3n) is 5.61. The Hall–Kier alpha value is -0.840. The van der Waals surface area contributed by atoms with Crippen LogP contribution in [0.1, 0.15) is 87.5 Å². The van der Waals surface area contributed by atoms with Gasteiger partial charge < -0.3 is 4.74 Å². The van der Waals surface area contributed by atoms with Gasteiger partial charge in [-0.15, -0.1) is 0 Å². The summed E-state index contributed by atoms with van der Waals surface area (Å²) in [6.07, 6.45) is 3.24. The molecule has 4 unspecified atom stereocenters. The highest BCUT2D eigenvalue weighted by Crippen LogP contribution is 2.46. The maximum Gasteiger partial charge on any atom is 0.335 e. The Morgan fingerprint density at radius 2 is 1.41 bits per heavy atom. The molecule has 4 atom stereocenters. The van der Waals surface area contributed by atoms with Crippen molar-refractivity contribution in [1.82, 2.24) is 0 Å². The Morgan fingerprint density at radius 1 is 0.897 bits per heavy atom. The lowest BCUT2D eigenvalue weighted by Crippen LogP contribution is -2.45. The number of rotatable bonds is 14. The van der Waals surface area contributed by atoms with Crippen LogP contribution in [0.25, 0.3) is 0 Å². The van der Waals surface area contributed by atoms with E-state index in [1.54, 1.807) is 6.92 Å². The lowest BCUT2D eigenvalue weighted by Gasteiger charge is -2.32. The van der Waals surface area contributed by atoms with E-state index in [2.05, 4.69) is 33.9 Å². The lowest BCUT2D eigenvalue weighted by atomic mass is 9.89. The van der Waals surface area contributed by atoms with Gasteiger partial charge in [0.25, 0.3) is 0 Å². The standard InChI is InChI=1S/C22H38F4O.C2H6/c1-9-11-18(6)21(23,24)22(25,26)19(7)17(5)14-27-20(8)16(4)13-12-15(3)10-2;1-2/h15-17,20H,6-7,9-14H2,1-5,8H3;1-2H3. The maximum atomic E-state index is 14.4. The van der Waals surface area contributed by atoms with Crippen molar-refractivity contribution in [2.45, 2.75) is 105 Å². The van der Waals surface area contributed by atoms with Crippen molar-refractivity contribution in [3.63, 3.8) is 0 Å². The fraction of sp³-hybridized carbons (Fsp3) is 0.833. The van der Waals surface area contributed by atoms with Crippen LogP contribution in [0.3, 0.4) is 0 Å². The first-order valence-electron chi connectivity index (χ1n) is 11.1. The molecule has 0 aromatic rings. The monoisotopic (exact) mass is 424 g/mol. The molecule has 0 aromatic carbocycles. The van der Waals surface area contributed by atoms with E-state index in [-0.39, 0.29) is 25.0 Å². The first-order chi connectivity index (χ1) is 13.3. The Morgan fingerprint density at radius 3 is 1.86 bits per heavy atom. The van der Waals surface area contributed by atoms with E-state index in [1.807, 2.05) is 20.8 Å². The molecule has 0 aliphatic rings. The van der Waals surface area contributed by atoms with Gasteiger partial charge in [0.05, 0.1) is 12.7 Å². The zero-order chi connectivity index (χ0) is 23.4. The van der Waals surface area contributed by atoms with Crippen molar-refractivity contribution in [1.29, 1.82) is 0 Å². The van der Waals surface area contributed by atoms with E-state index in [0.717, 1.165) is 19.3 Å². The van der Waals surface area contributed by atoms with E-state index < -0.39 is 28.9 Å². The van der Waals surface area contributed by atoms with Crippen molar-refractivity contribution >= 4 is 0 Å². The van der Waals surface area contributed by atoms with Crippen molar-refractivity contribution in [2.24, 2.45) is 17.8 Å². The molecule has 0 fully saturated rings. The summed E-state index contributed by atoms with van der Waals surface area (Å²) >= 11 is 0. The SMILES string of the molecule is C=C(CCC)C(F)(F)C(F)(F)C(=C)C(C)COC(C)C(C)CCC(C)CC.CC. The van der Waals surface area contributed by atoms with Crippen LogP contribution in [-0.4, -0.2) is 24.6 Å². The molecule has 1 nitrogen and oxygen atoms in total. The molecule has 5 heteroatoms. The second kappa shape index (κ2) is 14.2. The summed E-state index contributed by atoms with van der Waals surface area (Å²) in [5.41, 5.74) is -1.56. The van der Waals surface area contributed by atoms with Crippen LogP contribution >= 0.6 is 0 Å². The van der Waals surface area contributed by atoms with Crippen molar-refractivity contribution in [3.05, 3.63) is 24.3 Å². The van der Waals surface area contributed by atoms with Gasteiger partial charge in [0, 0.05) is 11.5 Å². The number of halogens is 4. The smallest absolute Gasteiger partial charge is 0.335 e. The molecule has 174 valence electrons. The highest BCUT2D eigenvalue weighted by atomic mass is 19.3. The van der Waals surface area contributed by atoms with Crippen LogP contribution in [0.4, 0.5) is 17.6 Å². The molecule has 0 saturated carbocycles. The molecule has 0 radical (unpaired) electrons. The molecule has 0 bridgehead atoms. The number of hydrogen-bond donors (Lipinski definition) is 0. The van der Waals surface area contributed by atoms with E-state index in [1.165, 1.54) is 6.92 Å². The zero-order valence-electron chi connectivity index (χ0n) is 19.9. The number of alkyl halides is 4. The van der Waals surface area contributed by atoms with Crippen LogP contribution < -0.4 is 0 Å². The minimum absolute atomic E-state index is 0.0560. The Bertz CT molecular complexity index is 474. The third kappa shape index (κ3) is 9.23. The normalized spacial score (nSPS) is 16.3. The second-order valence-electron chi connectivity index (χ2n) is 8.04. The molecule has 0 N–H and O–H groups in total. The zero-order valence-corrected chi connectivity index (χ0v) is 19.9. The largest absolute Gasteiger partial charge is 0.378 e. The summed E-state index contributed by atoms with van der Waals surface area (Å²) in [6, 6.07) is 0. The van der Waals surface area contributed by atoms with Gasteiger partial charge in [-0.05, 0) is 37.2 Å². The molecule has 0 heterocycles. The predicted molar refractivity (Wildman–Crippen MR) is 117 cm³/mol. The average Bonchev–Trinajstić information content (AvgIpc) is 2.70. The van der Waals surface area contributed by atoms with Gasteiger partial charge >= 0.3 is 11.8 Å². The minimum atomic E-state index is -4.34. The van der Waals surface area contributed by atoms with E-state index in [0.29, 0.717) is 12.3 Å². The van der Waals surface area contributed by atoms with Crippen LogP contribution in [-0.2, 0) is 4.74 Å². The van der Waals surface area contributed by atoms with Gasteiger partial charge in [0.15, 0.2) is 0 Å². The highest BCUT2D eigenvalue weighted by Gasteiger charge is 2.59. The van der Waals surface area contributed by atoms with Gasteiger partial charge in [-0.3, -0.25) is 0 Å². The quantitative estimate of drug-likeness (QED) is 0.200. The molecule has 0 saturated heterocycles. The van der Waals surface area contributed by atoms with Gasteiger partial charge in [-0.25, -0.2) is 0 Å². The predicted octanol–water partition coefficient (Wildman–Crippen LogP) is 8.70. The van der Waals surface area contributed by atoms with Crippen molar-refractivity contribution in [2.75, 3.05) is 6.61 Å². The molecule has 0 amide bonds. The van der Waals surface area contributed by atoms with E-state index >= 15 is 0 Å². The Balaban J connectivity index is 0. The summed E-state index contributed by atoms with van der Waals surface area (Å²) in [6.45, 7) is 21.8. The summed E-state index contributed by atoms with van der Waals surface area (Å²) in [5.74, 6) is -8.62. The summed E-state index contributed by atoms with van der Waals surface area (Å²) < 4.78 is 62.8. The summed E-state index contributed by atoms with van der Waals surface area (Å²) in [4.78, 5) is 0. The average molecular weight is 425 g/mol. The molecule has 0 rings (SSSR count).